The molecule has 0 spiro atoms. The minimum absolute atomic E-state index is 0.298. The molecule has 0 unspecified atom stereocenters. The Balaban J connectivity index is 2.02. The van der Waals surface area contributed by atoms with Crippen LogP contribution < -0.4 is 20.1 Å². The normalized spacial score (nSPS) is 10.8. The lowest BCUT2D eigenvalue weighted by Crippen LogP contribution is -2.27. The molecular weight excluding hydrogens is 324 g/mol. The van der Waals surface area contributed by atoms with Crippen molar-refractivity contribution in [2.24, 2.45) is 0 Å². The van der Waals surface area contributed by atoms with E-state index in [-0.39, 0.29) is 0 Å². The molecule has 0 aliphatic rings. The summed E-state index contributed by atoms with van der Waals surface area (Å²) in [4.78, 5) is 11.7. The van der Waals surface area contributed by atoms with Gasteiger partial charge in [0, 0.05) is 11.8 Å². The minimum Gasteiger partial charge on any atom is -0.493 e. The highest BCUT2D eigenvalue weighted by Crippen LogP contribution is 2.30. The maximum atomic E-state index is 11.7. The predicted molar refractivity (Wildman–Crippen MR) is 94.7 cm³/mol. The van der Waals surface area contributed by atoms with Crippen LogP contribution in [0.25, 0.3) is 0 Å². The van der Waals surface area contributed by atoms with Gasteiger partial charge >= 0.3 is 6.09 Å². The van der Waals surface area contributed by atoms with Crippen LogP contribution in [-0.4, -0.2) is 36.1 Å². The molecule has 0 aliphatic carbocycles. The van der Waals surface area contributed by atoms with Crippen molar-refractivity contribution < 1.29 is 19.0 Å². The van der Waals surface area contributed by atoms with E-state index in [0.29, 0.717) is 23.1 Å². The van der Waals surface area contributed by atoms with Crippen molar-refractivity contribution in [3.05, 3.63) is 30.3 Å². The Morgan fingerprint density at radius 3 is 2.16 bits per heavy atom. The number of rotatable bonds is 5. The Morgan fingerprint density at radius 1 is 0.960 bits per heavy atom. The summed E-state index contributed by atoms with van der Waals surface area (Å²) in [6, 6.07) is 8.71. The van der Waals surface area contributed by atoms with Gasteiger partial charge in [0.05, 0.1) is 14.2 Å². The molecule has 134 valence electrons. The first-order chi connectivity index (χ1) is 11.8. The summed E-state index contributed by atoms with van der Waals surface area (Å²) in [6.07, 6.45) is -0.581. The first kappa shape index (κ1) is 18.3. The first-order valence-corrected chi connectivity index (χ1v) is 7.63. The molecule has 2 rings (SSSR count). The van der Waals surface area contributed by atoms with Gasteiger partial charge in [0.2, 0.25) is 0 Å². The van der Waals surface area contributed by atoms with E-state index in [4.69, 9.17) is 14.2 Å². The van der Waals surface area contributed by atoms with Crippen LogP contribution in [-0.2, 0) is 4.74 Å². The zero-order valence-electron chi connectivity index (χ0n) is 14.9. The highest BCUT2D eigenvalue weighted by Gasteiger charge is 2.16. The fraction of sp³-hybridized carbons (Fsp3) is 0.353. The quantitative estimate of drug-likeness (QED) is 0.854. The van der Waals surface area contributed by atoms with E-state index in [1.165, 1.54) is 0 Å². The van der Waals surface area contributed by atoms with E-state index < -0.39 is 11.7 Å². The molecule has 1 heterocycles. The number of amides is 1. The summed E-state index contributed by atoms with van der Waals surface area (Å²) in [5.74, 6) is 2.05. The third kappa shape index (κ3) is 5.52. The number of ether oxygens (including phenoxy) is 3. The molecule has 0 saturated heterocycles. The molecule has 1 aromatic heterocycles. The molecule has 8 heteroatoms. The molecule has 0 saturated carbocycles. The average molecular weight is 346 g/mol. The number of carbonyl (C=O) groups is 1. The summed E-state index contributed by atoms with van der Waals surface area (Å²) in [5, 5.41) is 13.6. The van der Waals surface area contributed by atoms with Gasteiger partial charge in [-0.3, -0.25) is 5.32 Å². The van der Waals surface area contributed by atoms with Gasteiger partial charge < -0.3 is 19.5 Å². The van der Waals surface area contributed by atoms with Crippen molar-refractivity contribution >= 4 is 23.4 Å². The van der Waals surface area contributed by atoms with Crippen LogP contribution in [0.2, 0.25) is 0 Å². The second-order valence-corrected chi connectivity index (χ2v) is 6.13. The van der Waals surface area contributed by atoms with Crippen molar-refractivity contribution in [2.45, 2.75) is 26.4 Å². The molecule has 25 heavy (non-hydrogen) atoms. The summed E-state index contributed by atoms with van der Waals surface area (Å²) >= 11 is 0. The van der Waals surface area contributed by atoms with Gasteiger partial charge in [0.15, 0.2) is 23.1 Å². The number of hydrogen-bond donors (Lipinski definition) is 2. The molecule has 2 aromatic rings. The Hall–Kier alpha value is -3.03. The molecular formula is C17H22N4O4. The van der Waals surface area contributed by atoms with E-state index in [9.17, 15) is 4.79 Å². The highest BCUT2D eigenvalue weighted by molar-refractivity contribution is 5.83. The zero-order chi connectivity index (χ0) is 18.4. The number of methoxy groups -OCH3 is 2. The first-order valence-electron chi connectivity index (χ1n) is 7.63. The van der Waals surface area contributed by atoms with Crippen LogP contribution in [0, 0.1) is 0 Å². The van der Waals surface area contributed by atoms with Gasteiger partial charge in [-0.15, -0.1) is 10.2 Å². The standard InChI is InChI=1S/C17H22N4O4/c1-17(2,3)25-16(22)19-15-9-8-14(20-21-15)18-11-6-7-12(23-4)13(10-11)24-5/h6-10H,1-5H3,(H,18,20)(H,19,21,22). The van der Waals surface area contributed by atoms with Gasteiger partial charge in [-0.05, 0) is 45.0 Å². The Bertz CT molecular complexity index is 726. The molecule has 0 aliphatic heterocycles. The van der Waals surface area contributed by atoms with Crippen molar-refractivity contribution in [1.29, 1.82) is 0 Å². The van der Waals surface area contributed by atoms with Gasteiger partial charge in [-0.25, -0.2) is 4.79 Å². The smallest absolute Gasteiger partial charge is 0.413 e. The number of benzene rings is 1. The maximum Gasteiger partial charge on any atom is 0.413 e. The summed E-state index contributed by atoms with van der Waals surface area (Å²) in [6.45, 7) is 5.36. The number of hydrogen-bond acceptors (Lipinski definition) is 7. The molecule has 1 amide bonds. The number of carbonyl (C=O) groups excluding carboxylic acids is 1. The van der Waals surface area contributed by atoms with E-state index >= 15 is 0 Å². The zero-order valence-corrected chi connectivity index (χ0v) is 14.9. The molecule has 8 nitrogen and oxygen atoms in total. The SMILES string of the molecule is COc1ccc(Nc2ccc(NC(=O)OC(C)(C)C)nn2)cc1OC. The van der Waals surface area contributed by atoms with Crippen LogP contribution in [0.4, 0.5) is 22.1 Å². The van der Waals surface area contributed by atoms with Crippen LogP contribution in [0.15, 0.2) is 30.3 Å². The predicted octanol–water partition coefficient (Wildman–Crippen LogP) is 3.58. The number of nitrogens with one attached hydrogen (secondary N) is 2. The van der Waals surface area contributed by atoms with Crippen LogP contribution in [0.1, 0.15) is 20.8 Å². The number of anilines is 3. The van der Waals surface area contributed by atoms with Crippen LogP contribution in [0.3, 0.4) is 0 Å². The highest BCUT2D eigenvalue weighted by atomic mass is 16.6. The number of aromatic nitrogens is 2. The van der Waals surface area contributed by atoms with Crippen LogP contribution in [0.5, 0.6) is 11.5 Å². The van der Waals surface area contributed by atoms with Gasteiger partial charge in [0.1, 0.15) is 5.60 Å². The molecule has 1 aromatic carbocycles. The molecule has 0 radical (unpaired) electrons. The Labute approximate surface area is 146 Å². The topological polar surface area (TPSA) is 94.6 Å². The molecule has 0 bridgehead atoms. The van der Waals surface area contributed by atoms with Crippen molar-refractivity contribution in [2.75, 3.05) is 24.9 Å². The van der Waals surface area contributed by atoms with Crippen LogP contribution >= 0.6 is 0 Å². The second-order valence-electron chi connectivity index (χ2n) is 6.13. The van der Waals surface area contributed by atoms with E-state index in [1.54, 1.807) is 59.3 Å². The number of nitrogens with zero attached hydrogens (tertiary/aromatic N) is 2. The maximum absolute atomic E-state index is 11.7. The van der Waals surface area contributed by atoms with E-state index in [0.717, 1.165) is 5.69 Å². The summed E-state index contributed by atoms with van der Waals surface area (Å²) in [7, 11) is 3.14. The summed E-state index contributed by atoms with van der Waals surface area (Å²) in [5.41, 5.74) is 0.187. The lowest BCUT2D eigenvalue weighted by molar-refractivity contribution is 0.0635. The third-order valence-electron chi connectivity index (χ3n) is 2.95. The second kappa shape index (κ2) is 7.69. The van der Waals surface area contributed by atoms with Crippen molar-refractivity contribution in [1.82, 2.24) is 10.2 Å². The molecule has 0 fully saturated rings. The average Bonchev–Trinajstić information content (AvgIpc) is 2.54. The fourth-order valence-electron chi connectivity index (χ4n) is 1.94. The van der Waals surface area contributed by atoms with Gasteiger partial charge in [-0.1, -0.05) is 0 Å². The lowest BCUT2D eigenvalue weighted by Gasteiger charge is -2.19. The van der Waals surface area contributed by atoms with Crippen molar-refractivity contribution in [3.8, 4) is 11.5 Å². The Morgan fingerprint density at radius 2 is 1.60 bits per heavy atom. The van der Waals surface area contributed by atoms with E-state index in [1.807, 2.05) is 6.07 Å². The third-order valence-corrected chi connectivity index (χ3v) is 2.95. The monoisotopic (exact) mass is 346 g/mol. The van der Waals surface area contributed by atoms with E-state index in [2.05, 4.69) is 20.8 Å². The van der Waals surface area contributed by atoms with Gasteiger partial charge in [-0.2, -0.15) is 0 Å². The lowest BCUT2D eigenvalue weighted by atomic mass is 10.2. The summed E-state index contributed by atoms with van der Waals surface area (Å²) < 4.78 is 15.6. The molecule has 2 N–H and O–H groups in total. The minimum atomic E-state index is -0.581. The molecule has 0 atom stereocenters. The largest absolute Gasteiger partial charge is 0.493 e. The fourth-order valence-corrected chi connectivity index (χ4v) is 1.94. The van der Waals surface area contributed by atoms with Gasteiger partial charge in [0.25, 0.3) is 0 Å². The van der Waals surface area contributed by atoms with Crippen molar-refractivity contribution in [3.63, 3.8) is 0 Å². The Kier molecular flexibility index (Phi) is 5.63.